The van der Waals surface area contributed by atoms with Crippen molar-refractivity contribution in [3.8, 4) is 5.75 Å². The molecule has 0 N–H and O–H groups in total. The Kier molecular flexibility index (Phi) is 8.67. The van der Waals surface area contributed by atoms with Crippen molar-refractivity contribution in [2.24, 2.45) is 0 Å². The fraction of sp³-hybridized carbons (Fsp3) is 0.667. The van der Waals surface area contributed by atoms with Crippen LogP contribution in [0.25, 0.3) is 0 Å². The number of hydrogen-bond donors (Lipinski definition) is 0. The van der Waals surface area contributed by atoms with Crippen LogP contribution in [0.4, 0.5) is 0 Å². The first-order chi connectivity index (χ1) is 9.64. The Bertz CT molecular complexity index is 335. The van der Waals surface area contributed by atoms with E-state index in [1.807, 2.05) is 6.07 Å². The highest BCUT2D eigenvalue weighted by Crippen LogP contribution is 2.21. The molecule has 0 saturated heterocycles. The molecule has 0 spiro atoms. The van der Waals surface area contributed by atoms with E-state index in [9.17, 15) is 0 Å². The Hall–Kier alpha value is -0.763. The molecule has 2 heteroatoms. The van der Waals surface area contributed by atoms with E-state index in [0.717, 1.165) is 5.75 Å². The third-order valence-electron chi connectivity index (χ3n) is 3.77. The summed E-state index contributed by atoms with van der Waals surface area (Å²) in [6, 6.07) is 11.6. The van der Waals surface area contributed by atoms with Crippen molar-refractivity contribution in [1.82, 2.24) is 0 Å². The second-order valence-corrected chi connectivity index (χ2v) is 10.6. The first kappa shape index (κ1) is 17.3. The second-order valence-electron chi connectivity index (χ2n) is 6.40. The summed E-state index contributed by atoms with van der Waals surface area (Å²) < 4.78 is 6.20. The third-order valence-corrected chi connectivity index (χ3v) is 6.12. The molecular formula is C18H32OSi. The van der Waals surface area contributed by atoms with Crippen molar-refractivity contribution in [2.75, 3.05) is 0 Å². The Morgan fingerprint density at radius 3 is 1.95 bits per heavy atom. The highest BCUT2D eigenvalue weighted by molar-refractivity contribution is 6.71. The van der Waals surface area contributed by atoms with E-state index in [-0.39, 0.29) is 0 Å². The monoisotopic (exact) mass is 292 g/mol. The van der Waals surface area contributed by atoms with E-state index >= 15 is 0 Å². The van der Waals surface area contributed by atoms with Gasteiger partial charge in [0.1, 0.15) is 5.75 Å². The summed E-state index contributed by atoms with van der Waals surface area (Å²) >= 11 is 0. The van der Waals surface area contributed by atoms with Crippen LogP contribution in [-0.2, 0) is 0 Å². The zero-order valence-corrected chi connectivity index (χ0v) is 14.7. The van der Waals surface area contributed by atoms with Gasteiger partial charge in [0.25, 0.3) is 0 Å². The van der Waals surface area contributed by atoms with E-state index in [1.54, 1.807) is 0 Å². The Morgan fingerprint density at radius 1 is 0.800 bits per heavy atom. The molecule has 0 aliphatic heterocycles. The van der Waals surface area contributed by atoms with Crippen molar-refractivity contribution in [2.45, 2.75) is 77.4 Å². The van der Waals surface area contributed by atoms with Gasteiger partial charge in [0.05, 0.1) is 0 Å². The molecule has 0 saturated carbocycles. The number of unbranched alkanes of at least 4 members (excludes halogenated alkanes) is 7. The van der Waals surface area contributed by atoms with Crippen LogP contribution < -0.4 is 4.43 Å². The predicted molar refractivity (Wildman–Crippen MR) is 92.0 cm³/mol. The molecular weight excluding hydrogens is 260 g/mol. The molecule has 114 valence electrons. The Balaban J connectivity index is 2.08. The second kappa shape index (κ2) is 10.0. The van der Waals surface area contributed by atoms with Gasteiger partial charge in [-0.15, -0.1) is 0 Å². The zero-order valence-electron chi connectivity index (χ0n) is 13.7. The smallest absolute Gasteiger partial charge is 0.245 e. The van der Waals surface area contributed by atoms with Crippen LogP contribution in [0.2, 0.25) is 19.1 Å². The third kappa shape index (κ3) is 8.42. The number of para-hydroxylation sites is 1. The van der Waals surface area contributed by atoms with E-state index in [4.69, 9.17) is 4.43 Å². The van der Waals surface area contributed by atoms with E-state index in [2.05, 4.69) is 44.3 Å². The van der Waals surface area contributed by atoms with Gasteiger partial charge < -0.3 is 4.43 Å². The van der Waals surface area contributed by atoms with Crippen molar-refractivity contribution in [3.05, 3.63) is 30.3 Å². The Labute approximate surface area is 126 Å². The maximum absolute atomic E-state index is 6.20. The summed E-state index contributed by atoms with van der Waals surface area (Å²) in [5, 5.41) is 0. The number of hydrogen-bond acceptors (Lipinski definition) is 1. The van der Waals surface area contributed by atoms with Crippen LogP contribution in [-0.4, -0.2) is 8.32 Å². The molecule has 0 aliphatic carbocycles. The molecule has 0 atom stereocenters. The lowest BCUT2D eigenvalue weighted by atomic mass is 10.1. The van der Waals surface area contributed by atoms with Crippen molar-refractivity contribution >= 4 is 8.32 Å². The van der Waals surface area contributed by atoms with E-state index in [0.29, 0.717) is 0 Å². The summed E-state index contributed by atoms with van der Waals surface area (Å²) in [5.74, 6) is 1.05. The number of rotatable bonds is 11. The van der Waals surface area contributed by atoms with E-state index in [1.165, 1.54) is 57.4 Å². The number of benzene rings is 1. The fourth-order valence-corrected chi connectivity index (χ4v) is 4.52. The molecule has 0 aliphatic rings. The van der Waals surface area contributed by atoms with Crippen molar-refractivity contribution in [3.63, 3.8) is 0 Å². The van der Waals surface area contributed by atoms with Crippen molar-refractivity contribution in [1.29, 1.82) is 0 Å². The molecule has 1 aromatic carbocycles. The van der Waals surface area contributed by atoms with Gasteiger partial charge in [0.15, 0.2) is 0 Å². The highest BCUT2D eigenvalue weighted by atomic mass is 28.4. The molecule has 20 heavy (non-hydrogen) atoms. The minimum atomic E-state index is -1.53. The molecule has 1 aromatic rings. The normalized spacial score (nSPS) is 11.6. The molecule has 0 aromatic heterocycles. The summed E-state index contributed by atoms with van der Waals surface area (Å²) in [6.45, 7) is 6.95. The van der Waals surface area contributed by atoms with Crippen LogP contribution in [0, 0.1) is 0 Å². The van der Waals surface area contributed by atoms with Crippen LogP contribution in [0.1, 0.15) is 58.3 Å². The molecule has 1 nitrogen and oxygen atoms in total. The molecule has 0 heterocycles. The quantitative estimate of drug-likeness (QED) is 0.338. The topological polar surface area (TPSA) is 9.23 Å². The SMILES string of the molecule is CCCCCCCCCC[Si](C)(C)Oc1ccccc1. The highest BCUT2D eigenvalue weighted by Gasteiger charge is 2.23. The van der Waals surface area contributed by atoms with Crippen LogP contribution >= 0.6 is 0 Å². The van der Waals surface area contributed by atoms with Gasteiger partial charge in [-0.25, -0.2) is 0 Å². The van der Waals surface area contributed by atoms with Gasteiger partial charge in [0.2, 0.25) is 8.32 Å². The lowest BCUT2D eigenvalue weighted by molar-refractivity contribution is 0.533. The Morgan fingerprint density at radius 2 is 1.35 bits per heavy atom. The van der Waals surface area contributed by atoms with Crippen LogP contribution in [0.15, 0.2) is 30.3 Å². The summed E-state index contributed by atoms with van der Waals surface area (Å²) in [5.41, 5.74) is 0. The minimum Gasteiger partial charge on any atom is -0.544 e. The first-order valence-electron chi connectivity index (χ1n) is 8.38. The van der Waals surface area contributed by atoms with Crippen molar-refractivity contribution < 1.29 is 4.43 Å². The van der Waals surface area contributed by atoms with Gasteiger partial charge in [-0.2, -0.15) is 0 Å². The first-order valence-corrected chi connectivity index (χ1v) is 11.5. The molecule has 0 amide bonds. The maximum atomic E-state index is 6.20. The lowest BCUT2D eigenvalue weighted by Gasteiger charge is -2.24. The van der Waals surface area contributed by atoms with Crippen LogP contribution in [0.5, 0.6) is 5.75 Å². The summed E-state index contributed by atoms with van der Waals surface area (Å²) in [7, 11) is -1.53. The van der Waals surface area contributed by atoms with E-state index < -0.39 is 8.32 Å². The van der Waals surface area contributed by atoms with Gasteiger partial charge >= 0.3 is 0 Å². The summed E-state index contributed by atoms with van der Waals surface area (Å²) in [6.07, 6.45) is 11.1. The van der Waals surface area contributed by atoms with Gasteiger partial charge in [0, 0.05) is 0 Å². The van der Waals surface area contributed by atoms with Crippen LogP contribution in [0.3, 0.4) is 0 Å². The lowest BCUT2D eigenvalue weighted by Crippen LogP contribution is -2.33. The molecule has 0 bridgehead atoms. The molecule has 1 rings (SSSR count). The molecule has 0 radical (unpaired) electrons. The molecule has 0 fully saturated rings. The maximum Gasteiger partial charge on any atom is 0.245 e. The zero-order chi connectivity index (χ0) is 14.7. The summed E-state index contributed by atoms with van der Waals surface area (Å²) in [4.78, 5) is 0. The fourth-order valence-electron chi connectivity index (χ4n) is 2.54. The largest absolute Gasteiger partial charge is 0.544 e. The standard InChI is InChI=1S/C18H32OSi/c1-4-5-6-7-8-9-10-14-17-20(2,3)19-18-15-12-11-13-16-18/h11-13,15-16H,4-10,14,17H2,1-3H3. The minimum absolute atomic E-state index is 1.05. The average Bonchev–Trinajstić information content (AvgIpc) is 2.42. The van der Waals surface area contributed by atoms with Gasteiger partial charge in [-0.05, 0) is 31.3 Å². The molecule has 0 unspecified atom stereocenters. The van der Waals surface area contributed by atoms with Gasteiger partial charge in [-0.1, -0.05) is 76.5 Å². The van der Waals surface area contributed by atoms with Gasteiger partial charge in [-0.3, -0.25) is 0 Å². The average molecular weight is 293 g/mol. The predicted octanol–water partition coefficient (Wildman–Crippen LogP) is 6.41.